The van der Waals surface area contributed by atoms with Crippen molar-refractivity contribution in [1.82, 2.24) is 4.98 Å². The topological polar surface area (TPSA) is 24.9 Å². The molecule has 112 valence electrons. The van der Waals surface area contributed by atoms with Gasteiger partial charge in [0.25, 0.3) is 0 Å². The molecule has 1 saturated carbocycles. The summed E-state index contributed by atoms with van der Waals surface area (Å²) in [6.07, 6.45) is 8.36. The van der Waals surface area contributed by atoms with Crippen LogP contribution < -0.4 is 5.32 Å². The number of hydrogen-bond acceptors (Lipinski definition) is 2. The van der Waals surface area contributed by atoms with Crippen LogP contribution in [-0.2, 0) is 0 Å². The Morgan fingerprint density at radius 3 is 2.60 bits per heavy atom. The third kappa shape index (κ3) is 4.12. The number of anilines is 1. The number of halogens is 1. The summed E-state index contributed by atoms with van der Waals surface area (Å²) >= 11 is 5.98. The lowest BCUT2D eigenvalue weighted by Crippen LogP contribution is -2.21. The monoisotopic (exact) mass is 294 g/mol. The fraction of sp³-hybridized carbons (Fsp3) is 0.706. The highest BCUT2D eigenvalue weighted by molar-refractivity contribution is 6.30. The summed E-state index contributed by atoms with van der Waals surface area (Å²) in [5.41, 5.74) is 2.58. The van der Waals surface area contributed by atoms with Crippen LogP contribution in [0.5, 0.6) is 0 Å². The number of nitrogens with zero attached hydrogens (tertiary/aromatic N) is 1. The molecule has 1 heterocycles. The van der Waals surface area contributed by atoms with Crippen molar-refractivity contribution in [3.8, 4) is 0 Å². The van der Waals surface area contributed by atoms with Gasteiger partial charge in [0.15, 0.2) is 0 Å². The average molecular weight is 295 g/mol. The zero-order chi connectivity index (χ0) is 14.8. The largest absolute Gasteiger partial charge is 0.381 e. The van der Waals surface area contributed by atoms with E-state index in [4.69, 9.17) is 11.6 Å². The molecule has 2 rings (SSSR count). The minimum Gasteiger partial charge on any atom is -0.381 e. The number of pyridine rings is 1. The third-order valence-corrected chi connectivity index (χ3v) is 4.97. The van der Waals surface area contributed by atoms with Gasteiger partial charge in [0.1, 0.15) is 5.15 Å². The fourth-order valence-electron chi connectivity index (χ4n) is 3.18. The highest BCUT2D eigenvalue weighted by Gasteiger charge is 2.27. The van der Waals surface area contributed by atoms with Crippen molar-refractivity contribution in [3.63, 3.8) is 0 Å². The molecule has 2 nitrogen and oxygen atoms in total. The Morgan fingerprint density at radius 2 is 1.95 bits per heavy atom. The van der Waals surface area contributed by atoms with Gasteiger partial charge in [-0.25, -0.2) is 4.98 Å². The second-order valence-electron chi connectivity index (χ2n) is 7.24. The maximum Gasteiger partial charge on any atom is 0.132 e. The van der Waals surface area contributed by atoms with Gasteiger partial charge in [-0.05, 0) is 55.6 Å². The molecule has 1 N–H and O–H groups in total. The summed E-state index contributed by atoms with van der Waals surface area (Å²) in [6.45, 7) is 9.12. The van der Waals surface area contributed by atoms with Crippen molar-refractivity contribution in [2.24, 2.45) is 11.3 Å². The van der Waals surface area contributed by atoms with Gasteiger partial charge in [0.2, 0.25) is 0 Å². The predicted molar refractivity (Wildman–Crippen MR) is 87.4 cm³/mol. The van der Waals surface area contributed by atoms with Crippen molar-refractivity contribution in [2.45, 2.75) is 65.8 Å². The quantitative estimate of drug-likeness (QED) is 0.579. The molecule has 20 heavy (non-hydrogen) atoms. The molecule has 0 bridgehead atoms. The first-order chi connectivity index (χ1) is 9.36. The smallest absolute Gasteiger partial charge is 0.132 e. The molecule has 3 heteroatoms. The lowest BCUT2D eigenvalue weighted by molar-refractivity contribution is 0.214. The maximum atomic E-state index is 5.98. The molecule has 1 aromatic heterocycles. The van der Waals surface area contributed by atoms with Crippen LogP contribution in [0.4, 0.5) is 5.69 Å². The third-order valence-electron chi connectivity index (χ3n) is 4.58. The molecule has 0 radical (unpaired) electrons. The van der Waals surface area contributed by atoms with Crippen molar-refractivity contribution < 1.29 is 0 Å². The summed E-state index contributed by atoms with van der Waals surface area (Å²) < 4.78 is 0. The summed E-state index contributed by atoms with van der Waals surface area (Å²) in [4.78, 5) is 4.22. The van der Waals surface area contributed by atoms with Gasteiger partial charge in [-0.15, -0.1) is 0 Å². The molecule has 1 fully saturated rings. The molecule has 0 saturated heterocycles. The van der Waals surface area contributed by atoms with Gasteiger partial charge in [-0.1, -0.05) is 38.8 Å². The molecule has 0 amide bonds. The Labute approximate surface area is 128 Å². The lowest BCUT2D eigenvalue weighted by Gasteiger charge is -2.29. The van der Waals surface area contributed by atoms with Crippen LogP contribution in [-0.4, -0.2) is 11.0 Å². The van der Waals surface area contributed by atoms with Gasteiger partial charge < -0.3 is 5.32 Å². The molecule has 2 atom stereocenters. The lowest BCUT2D eigenvalue weighted by atomic mass is 9.76. The van der Waals surface area contributed by atoms with E-state index in [1.807, 2.05) is 13.1 Å². The van der Waals surface area contributed by atoms with E-state index < -0.39 is 0 Å². The minimum absolute atomic E-state index is 0.438. The van der Waals surface area contributed by atoms with E-state index in [-0.39, 0.29) is 0 Å². The molecular weight excluding hydrogens is 268 g/mol. The Balaban J connectivity index is 1.95. The van der Waals surface area contributed by atoms with Crippen LogP contribution in [0.3, 0.4) is 0 Å². The zero-order valence-electron chi connectivity index (χ0n) is 13.2. The standard InChI is InChI=1S/C17H27ClN2/c1-12-10-15(11-19-16(12)18)20-14-7-5-6-13(8-9-14)17(2,3)4/h10-11,13-14,20H,5-9H2,1-4H3. The summed E-state index contributed by atoms with van der Waals surface area (Å²) in [7, 11) is 0. The molecule has 0 spiro atoms. The Hall–Kier alpha value is -0.760. The van der Waals surface area contributed by atoms with Crippen LogP contribution in [0.25, 0.3) is 0 Å². The highest BCUT2D eigenvalue weighted by Crippen LogP contribution is 2.37. The molecule has 2 unspecified atom stereocenters. The van der Waals surface area contributed by atoms with Gasteiger partial charge in [-0.3, -0.25) is 0 Å². The van der Waals surface area contributed by atoms with E-state index in [1.54, 1.807) is 0 Å². The van der Waals surface area contributed by atoms with Gasteiger partial charge in [0.05, 0.1) is 11.9 Å². The average Bonchev–Trinajstić information content (AvgIpc) is 2.59. The highest BCUT2D eigenvalue weighted by atomic mass is 35.5. The normalized spacial score (nSPS) is 24.2. The second kappa shape index (κ2) is 6.34. The number of nitrogens with one attached hydrogen (secondary N) is 1. The van der Waals surface area contributed by atoms with Crippen molar-refractivity contribution in [2.75, 3.05) is 5.32 Å². The molecule has 1 aromatic rings. The Morgan fingerprint density at radius 1 is 1.20 bits per heavy atom. The first kappa shape index (κ1) is 15.6. The fourth-order valence-corrected chi connectivity index (χ4v) is 3.29. The molecule has 0 aromatic carbocycles. The minimum atomic E-state index is 0.438. The van der Waals surface area contributed by atoms with Crippen LogP contribution in [0.1, 0.15) is 58.4 Å². The van der Waals surface area contributed by atoms with E-state index >= 15 is 0 Å². The van der Waals surface area contributed by atoms with E-state index in [0.717, 1.165) is 17.2 Å². The zero-order valence-corrected chi connectivity index (χ0v) is 13.9. The molecule has 0 aliphatic heterocycles. The van der Waals surface area contributed by atoms with E-state index in [2.05, 4.69) is 37.1 Å². The summed E-state index contributed by atoms with van der Waals surface area (Å²) in [5, 5.41) is 4.24. The summed E-state index contributed by atoms with van der Waals surface area (Å²) in [6, 6.07) is 2.67. The first-order valence-corrected chi connectivity index (χ1v) is 8.13. The second-order valence-corrected chi connectivity index (χ2v) is 7.60. The van der Waals surface area contributed by atoms with Crippen molar-refractivity contribution in [3.05, 3.63) is 23.0 Å². The van der Waals surface area contributed by atoms with E-state index in [1.165, 1.54) is 32.1 Å². The van der Waals surface area contributed by atoms with Crippen LogP contribution in [0.15, 0.2) is 12.3 Å². The number of rotatable bonds is 2. The molecule has 1 aliphatic rings. The number of hydrogen-bond donors (Lipinski definition) is 1. The van der Waals surface area contributed by atoms with Gasteiger partial charge >= 0.3 is 0 Å². The first-order valence-electron chi connectivity index (χ1n) is 7.75. The van der Waals surface area contributed by atoms with Crippen LogP contribution >= 0.6 is 11.6 Å². The van der Waals surface area contributed by atoms with E-state index in [9.17, 15) is 0 Å². The maximum absolute atomic E-state index is 5.98. The predicted octanol–water partition coefficient (Wildman–Crippen LogP) is 5.45. The number of aromatic nitrogens is 1. The molecule has 1 aliphatic carbocycles. The van der Waals surface area contributed by atoms with E-state index in [0.29, 0.717) is 16.6 Å². The summed E-state index contributed by atoms with van der Waals surface area (Å²) in [5.74, 6) is 0.847. The molecular formula is C17H27ClN2. The van der Waals surface area contributed by atoms with Gasteiger partial charge in [0, 0.05) is 6.04 Å². The number of aryl methyl sites for hydroxylation is 1. The SMILES string of the molecule is Cc1cc(NC2CCCC(C(C)(C)C)CC2)cnc1Cl. The van der Waals surface area contributed by atoms with Crippen LogP contribution in [0, 0.1) is 18.3 Å². The van der Waals surface area contributed by atoms with Crippen molar-refractivity contribution >= 4 is 17.3 Å². The van der Waals surface area contributed by atoms with Gasteiger partial charge in [-0.2, -0.15) is 0 Å². The Bertz CT molecular complexity index is 451. The Kier molecular flexibility index (Phi) is 4.95. The van der Waals surface area contributed by atoms with Crippen molar-refractivity contribution in [1.29, 1.82) is 0 Å². The van der Waals surface area contributed by atoms with Crippen LogP contribution in [0.2, 0.25) is 5.15 Å².